The molecule has 2 fully saturated rings. The fourth-order valence-corrected chi connectivity index (χ4v) is 5.01. The van der Waals surface area contributed by atoms with Gasteiger partial charge in [-0.2, -0.15) is 5.10 Å². The van der Waals surface area contributed by atoms with Crippen LogP contribution < -0.4 is 15.5 Å². The number of nitrogens with zero attached hydrogens (tertiary/aromatic N) is 5. The fraction of sp³-hybridized carbons (Fsp3) is 0.391. The zero-order valence-electron chi connectivity index (χ0n) is 19.3. The van der Waals surface area contributed by atoms with E-state index in [0.717, 1.165) is 29.9 Å². The lowest BCUT2D eigenvalue weighted by Gasteiger charge is -2.29. The van der Waals surface area contributed by atoms with Crippen molar-refractivity contribution in [2.24, 2.45) is 7.05 Å². The van der Waals surface area contributed by atoms with E-state index in [1.807, 2.05) is 18.2 Å². The van der Waals surface area contributed by atoms with Gasteiger partial charge >= 0.3 is 6.03 Å². The number of aryl methyl sites for hydroxylation is 1. The Hall–Kier alpha value is -3.35. The largest absolute Gasteiger partial charge is 0.772 e. The Morgan fingerprint density at radius 1 is 1.14 bits per heavy atom. The van der Waals surface area contributed by atoms with Gasteiger partial charge < -0.3 is 24.8 Å². The van der Waals surface area contributed by atoms with Crippen LogP contribution in [-0.4, -0.2) is 66.6 Å². The van der Waals surface area contributed by atoms with Crippen LogP contribution in [0.2, 0.25) is 0 Å². The third-order valence-electron chi connectivity index (χ3n) is 6.20. The molecule has 1 saturated heterocycles. The summed E-state index contributed by atoms with van der Waals surface area (Å²) in [6.45, 7) is 2.66. The van der Waals surface area contributed by atoms with Crippen molar-refractivity contribution in [2.75, 3.05) is 47.6 Å². The second-order valence-corrected chi connectivity index (χ2v) is 9.72. The Morgan fingerprint density at radius 3 is 2.49 bits per heavy atom. The number of rotatable bonds is 7. The van der Waals surface area contributed by atoms with Crippen LogP contribution in [0.1, 0.15) is 18.5 Å². The molecule has 12 heteroatoms. The molecule has 0 bridgehead atoms. The highest BCUT2D eigenvalue weighted by molar-refractivity contribution is 7.79. The first kappa shape index (κ1) is 23.4. The van der Waals surface area contributed by atoms with E-state index < -0.39 is 16.5 Å². The number of anilines is 3. The number of morpholine rings is 1. The van der Waals surface area contributed by atoms with Crippen molar-refractivity contribution < 1.29 is 18.3 Å². The highest BCUT2D eigenvalue weighted by atomic mass is 32.2. The molecule has 0 radical (unpaired) electrons. The van der Waals surface area contributed by atoms with Crippen molar-refractivity contribution in [3.63, 3.8) is 0 Å². The quantitative estimate of drug-likeness (QED) is 0.475. The Balaban J connectivity index is 1.38. The van der Waals surface area contributed by atoms with Gasteiger partial charge in [0.25, 0.3) is 0 Å². The smallest absolute Gasteiger partial charge is 0.323 e. The van der Waals surface area contributed by atoms with Crippen molar-refractivity contribution in [1.82, 2.24) is 19.7 Å². The molecule has 1 atom stereocenters. The standard InChI is InChI=1S/C23H27N7O4S/c1-29-14-18(13-24-29)26-22(31)25-17-4-2-16(3-5-17)21-27-19(23(6-7-23)15-35(32)33)12-20(28-21)30-8-10-34-11-9-30/h2-5,12-14H,6-11,15H2,1H3,(H,32,33)(H2,25,26,31)/p-1. The van der Waals surface area contributed by atoms with Gasteiger partial charge in [-0.3, -0.25) is 8.89 Å². The van der Waals surface area contributed by atoms with Gasteiger partial charge in [0, 0.05) is 54.8 Å². The molecule has 3 heterocycles. The van der Waals surface area contributed by atoms with E-state index in [1.54, 1.807) is 36.3 Å². The van der Waals surface area contributed by atoms with Crippen LogP contribution in [0.15, 0.2) is 42.7 Å². The lowest BCUT2D eigenvalue weighted by atomic mass is 10.0. The molecule has 1 aliphatic carbocycles. The molecule has 2 aromatic heterocycles. The van der Waals surface area contributed by atoms with Crippen LogP contribution in [-0.2, 0) is 28.3 Å². The summed E-state index contributed by atoms with van der Waals surface area (Å²) in [4.78, 5) is 24.0. The van der Waals surface area contributed by atoms with E-state index in [1.165, 1.54) is 0 Å². The summed E-state index contributed by atoms with van der Waals surface area (Å²) in [5.74, 6) is 1.36. The van der Waals surface area contributed by atoms with Gasteiger partial charge in [-0.05, 0) is 37.1 Å². The SMILES string of the molecule is Cn1cc(NC(=O)Nc2ccc(-c3nc(N4CCOCC4)cc(C4(CS(=O)[O-])CC4)n3)cc2)cn1. The highest BCUT2D eigenvalue weighted by Crippen LogP contribution is 2.48. The second kappa shape index (κ2) is 9.72. The summed E-state index contributed by atoms with van der Waals surface area (Å²) in [5, 5.41) is 9.54. The summed E-state index contributed by atoms with van der Waals surface area (Å²) in [6.07, 6.45) is 4.84. The molecule has 2 amide bonds. The summed E-state index contributed by atoms with van der Waals surface area (Å²) in [7, 11) is 1.77. The number of carbonyl (C=O) groups excluding carboxylic acids is 1. The molecule has 0 spiro atoms. The highest BCUT2D eigenvalue weighted by Gasteiger charge is 2.46. The molecule has 1 aromatic carbocycles. The van der Waals surface area contributed by atoms with Gasteiger partial charge in [0.05, 0.1) is 30.8 Å². The number of carbonyl (C=O) groups is 1. The number of amides is 2. The van der Waals surface area contributed by atoms with Gasteiger partial charge in [-0.1, -0.05) is 11.1 Å². The first-order chi connectivity index (χ1) is 16.9. The number of benzene rings is 1. The van der Waals surface area contributed by atoms with Crippen LogP contribution in [0.4, 0.5) is 22.0 Å². The maximum Gasteiger partial charge on any atom is 0.323 e. The zero-order valence-corrected chi connectivity index (χ0v) is 20.1. The van der Waals surface area contributed by atoms with E-state index in [2.05, 4.69) is 20.6 Å². The minimum absolute atomic E-state index is 0.0565. The summed E-state index contributed by atoms with van der Waals surface area (Å²) < 4.78 is 30.1. The van der Waals surface area contributed by atoms with E-state index in [9.17, 15) is 13.6 Å². The van der Waals surface area contributed by atoms with Crippen molar-refractivity contribution in [1.29, 1.82) is 0 Å². The molecule has 1 unspecified atom stereocenters. The van der Waals surface area contributed by atoms with E-state index in [0.29, 0.717) is 43.5 Å². The maximum absolute atomic E-state index is 12.3. The lowest BCUT2D eigenvalue weighted by molar-refractivity contribution is 0.122. The molecule has 35 heavy (non-hydrogen) atoms. The average molecular weight is 497 g/mol. The molecule has 3 aromatic rings. The van der Waals surface area contributed by atoms with Crippen LogP contribution in [0.3, 0.4) is 0 Å². The predicted octanol–water partition coefficient (Wildman–Crippen LogP) is 2.27. The minimum Gasteiger partial charge on any atom is -0.772 e. The van der Waals surface area contributed by atoms with Crippen molar-refractivity contribution in [3.8, 4) is 11.4 Å². The molecular formula is C23H26N7O4S-. The molecule has 1 aliphatic heterocycles. The van der Waals surface area contributed by atoms with Crippen molar-refractivity contribution >= 4 is 34.3 Å². The molecule has 184 valence electrons. The lowest BCUT2D eigenvalue weighted by Crippen LogP contribution is -2.37. The summed E-state index contributed by atoms with van der Waals surface area (Å²) >= 11 is -2.15. The molecule has 2 N–H and O–H groups in total. The first-order valence-corrected chi connectivity index (χ1v) is 12.6. The van der Waals surface area contributed by atoms with Gasteiger partial charge in [-0.15, -0.1) is 0 Å². The fourth-order valence-electron chi connectivity index (χ4n) is 4.12. The molecular weight excluding hydrogens is 470 g/mol. The Morgan fingerprint density at radius 2 is 1.86 bits per heavy atom. The molecule has 5 rings (SSSR count). The molecule has 2 aliphatic rings. The average Bonchev–Trinajstić information content (AvgIpc) is 3.52. The Kier molecular flexibility index (Phi) is 6.50. The van der Waals surface area contributed by atoms with Gasteiger partial charge in [0.1, 0.15) is 5.82 Å². The number of ether oxygens (including phenoxy) is 1. The predicted molar refractivity (Wildman–Crippen MR) is 131 cm³/mol. The minimum atomic E-state index is -2.15. The number of urea groups is 1. The Bertz CT molecular complexity index is 1240. The molecule has 1 saturated carbocycles. The number of hydrogen-bond donors (Lipinski definition) is 2. The maximum atomic E-state index is 12.3. The number of hydrogen-bond acceptors (Lipinski definition) is 8. The first-order valence-electron chi connectivity index (χ1n) is 11.4. The van der Waals surface area contributed by atoms with Crippen molar-refractivity contribution in [2.45, 2.75) is 18.3 Å². The van der Waals surface area contributed by atoms with E-state index >= 15 is 0 Å². The third-order valence-corrected chi connectivity index (χ3v) is 6.99. The van der Waals surface area contributed by atoms with E-state index in [-0.39, 0.29) is 11.8 Å². The summed E-state index contributed by atoms with van der Waals surface area (Å²) in [6, 6.07) is 8.79. The van der Waals surface area contributed by atoms with Crippen LogP contribution in [0, 0.1) is 0 Å². The van der Waals surface area contributed by atoms with Crippen LogP contribution >= 0.6 is 0 Å². The van der Waals surface area contributed by atoms with Crippen LogP contribution in [0.5, 0.6) is 0 Å². The zero-order chi connectivity index (χ0) is 24.4. The number of aromatic nitrogens is 4. The third kappa shape index (κ3) is 5.50. The van der Waals surface area contributed by atoms with Crippen LogP contribution in [0.25, 0.3) is 11.4 Å². The number of nitrogens with one attached hydrogen (secondary N) is 2. The van der Waals surface area contributed by atoms with Gasteiger partial charge in [0.2, 0.25) is 0 Å². The monoisotopic (exact) mass is 496 g/mol. The van der Waals surface area contributed by atoms with Gasteiger partial charge in [0.15, 0.2) is 5.82 Å². The molecule has 11 nitrogen and oxygen atoms in total. The topological polar surface area (TPSA) is 137 Å². The van der Waals surface area contributed by atoms with Gasteiger partial charge in [-0.25, -0.2) is 14.8 Å². The van der Waals surface area contributed by atoms with Crippen molar-refractivity contribution in [3.05, 3.63) is 48.4 Å². The second-order valence-electron chi connectivity index (χ2n) is 8.82. The Labute approximate surface area is 205 Å². The van der Waals surface area contributed by atoms with E-state index in [4.69, 9.17) is 14.7 Å². The normalized spacial score (nSPS) is 17.6. The summed E-state index contributed by atoms with van der Waals surface area (Å²) in [5.41, 5.74) is 2.29.